The van der Waals surface area contributed by atoms with E-state index < -0.39 is 0 Å². The molecule has 0 aliphatic heterocycles. The minimum absolute atomic E-state index is 0.0116. The van der Waals surface area contributed by atoms with E-state index in [-0.39, 0.29) is 29.1 Å². The van der Waals surface area contributed by atoms with Crippen molar-refractivity contribution in [2.45, 2.75) is 46.6 Å². The van der Waals surface area contributed by atoms with E-state index in [1.807, 2.05) is 12.1 Å². The van der Waals surface area contributed by atoms with E-state index in [1.54, 1.807) is 12.1 Å². The van der Waals surface area contributed by atoms with Crippen LogP contribution in [0.2, 0.25) is 0 Å². The molecule has 0 saturated heterocycles. The fourth-order valence-electron chi connectivity index (χ4n) is 3.30. The Kier molecular flexibility index (Phi) is 4.24. The van der Waals surface area contributed by atoms with Crippen LogP contribution in [0.5, 0.6) is 0 Å². The Morgan fingerprint density at radius 3 is 2.54 bits per heavy atom. The largest absolute Gasteiger partial charge is 0.349 e. The SMILES string of the molecule is CC(C)=CC1C(C(=O)Nc2cccc(C(=O)NC3CC3)c2)C1(C)C. The van der Waals surface area contributed by atoms with Gasteiger partial charge >= 0.3 is 0 Å². The van der Waals surface area contributed by atoms with Crippen LogP contribution in [0.1, 0.15) is 50.9 Å². The van der Waals surface area contributed by atoms with Gasteiger partial charge in [-0.3, -0.25) is 9.59 Å². The predicted molar refractivity (Wildman–Crippen MR) is 95.8 cm³/mol. The number of nitrogens with one attached hydrogen (secondary N) is 2. The van der Waals surface area contributed by atoms with Crippen LogP contribution in [-0.4, -0.2) is 17.9 Å². The number of amides is 2. The van der Waals surface area contributed by atoms with Gasteiger partial charge in [0.05, 0.1) is 5.92 Å². The quantitative estimate of drug-likeness (QED) is 0.810. The number of rotatable bonds is 5. The minimum atomic E-state index is -0.0669. The third kappa shape index (κ3) is 3.53. The Labute approximate surface area is 143 Å². The molecular weight excluding hydrogens is 300 g/mol. The number of allylic oxidation sites excluding steroid dienone is 2. The molecule has 2 fully saturated rings. The van der Waals surface area contributed by atoms with E-state index in [2.05, 4.69) is 44.4 Å². The second kappa shape index (κ2) is 6.08. The number of anilines is 1. The number of benzene rings is 1. The lowest BCUT2D eigenvalue weighted by atomic mass is 10.1. The van der Waals surface area contributed by atoms with E-state index in [0.29, 0.717) is 17.3 Å². The van der Waals surface area contributed by atoms with Crippen molar-refractivity contribution in [3.63, 3.8) is 0 Å². The zero-order valence-electron chi connectivity index (χ0n) is 14.8. The smallest absolute Gasteiger partial charge is 0.251 e. The summed E-state index contributed by atoms with van der Waals surface area (Å²) in [5, 5.41) is 5.95. The summed E-state index contributed by atoms with van der Waals surface area (Å²) < 4.78 is 0. The first-order chi connectivity index (χ1) is 11.3. The monoisotopic (exact) mass is 326 g/mol. The summed E-state index contributed by atoms with van der Waals surface area (Å²) in [6.45, 7) is 8.37. The second-order valence-electron chi connectivity index (χ2n) is 7.89. The van der Waals surface area contributed by atoms with Gasteiger partial charge in [-0.25, -0.2) is 0 Å². The van der Waals surface area contributed by atoms with E-state index in [4.69, 9.17) is 0 Å². The van der Waals surface area contributed by atoms with Crippen LogP contribution in [0.4, 0.5) is 5.69 Å². The van der Waals surface area contributed by atoms with E-state index >= 15 is 0 Å². The maximum Gasteiger partial charge on any atom is 0.251 e. The standard InChI is InChI=1S/C20H26N2O2/c1-12(2)10-16-17(20(16,3)4)19(24)22-15-7-5-6-13(11-15)18(23)21-14-8-9-14/h5-7,10-11,14,16-17H,8-9H2,1-4H3,(H,21,23)(H,22,24). The molecule has 0 spiro atoms. The minimum Gasteiger partial charge on any atom is -0.349 e. The predicted octanol–water partition coefficient (Wildman–Crippen LogP) is 3.76. The van der Waals surface area contributed by atoms with Gasteiger partial charge < -0.3 is 10.6 Å². The fraction of sp³-hybridized carbons (Fsp3) is 0.500. The molecule has 3 rings (SSSR count). The van der Waals surface area contributed by atoms with Crippen molar-refractivity contribution in [2.75, 3.05) is 5.32 Å². The molecule has 128 valence electrons. The maximum absolute atomic E-state index is 12.6. The number of hydrogen-bond acceptors (Lipinski definition) is 2. The van der Waals surface area contributed by atoms with E-state index in [1.165, 1.54) is 5.57 Å². The normalized spacial score (nSPS) is 24.0. The molecule has 2 saturated carbocycles. The van der Waals surface area contributed by atoms with Crippen molar-refractivity contribution in [1.82, 2.24) is 5.32 Å². The molecule has 0 heterocycles. The van der Waals surface area contributed by atoms with Crippen molar-refractivity contribution < 1.29 is 9.59 Å². The highest BCUT2D eigenvalue weighted by Crippen LogP contribution is 2.59. The zero-order chi connectivity index (χ0) is 17.5. The van der Waals surface area contributed by atoms with Crippen molar-refractivity contribution >= 4 is 17.5 Å². The average Bonchev–Trinajstić information content (AvgIpc) is 3.38. The molecule has 4 nitrogen and oxygen atoms in total. The highest BCUT2D eigenvalue weighted by atomic mass is 16.2. The van der Waals surface area contributed by atoms with Crippen molar-refractivity contribution in [1.29, 1.82) is 0 Å². The number of carbonyl (C=O) groups is 2. The van der Waals surface area contributed by atoms with Crippen LogP contribution in [0.25, 0.3) is 0 Å². The van der Waals surface area contributed by atoms with Crippen LogP contribution >= 0.6 is 0 Å². The zero-order valence-corrected chi connectivity index (χ0v) is 14.8. The molecule has 1 aromatic rings. The number of hydrogen-bond donors (Lipinski definition) is 2. The third-order valence-corrected chi connectivity index (χ3v) is 5.01. The van der Waals surface area contributed by atoms with Gasteiger partial charge in [0, 0.05) is 17.3 Å². The highest BCUT2D eigenvalue weighted by Gasteiger charge is 2.60. The van der Waals surface area contributed by atoms with Gasteiger partial charge in [0.2, 0.25) is 5.91 Å². The molecule has 2 aliphatic carbocycles. The van der Waals surface area contributed by atoms with E-state index in [9.17, 15) is 9.59 Å². The summed E-state index contributed by atoms with van der Waals surface area (Å²) >= 11 is 0. The van der Waals surface area contributed by atoms with E-state index in [0.717, 1.165) is 12.8 Å². The topological polar surface area (TPSA) is 58.2 Å². The lowest BCUT2D eigenvalue weighted by molar-refractivity contribution is -0.118. The highest BCUT2D eigenvalue weighted by molar-refractivity contribution is 5.99. The van der Waals surface area contributed by atoms with Crippen molar-refractivity contribution in [2.24, 2.45) is 17.3 Å². The Bertz CT molecular complexity index is 697. The van der Waals surface area contributed by atoms with Crippen molar-refractivity contribution in [3.05, 3.63) is 41.5 Å². The van der Waals surface area contributed by atoms with Crippen LogP contribution < -0.4 is 10.6 Å². The molecule has 0 radical (unpaired) electrons. The first-order valence-electron chi connectivity index (χ1n) is 8.66. The molecule has 0 bridgehead atoms. The first kappa shape index (κ1) is 16.7. The molecule has 24 heavy (non-hydrogen) atoms. The van der Waals surface area contributed by atoms with Gasteiger partial charge in [-0.1, -0.05) is 31.6 Å². The van der Waals surface area contributed by atoms with Gasteiger partial charge in [-0.2, -0.15) is 0 Å². The van der Waals surface area contributed by atoms with Crippen molar-refractivity contribution in [3.8, 4) is 0 Å². The summed E-state index contributed by atoms with van der Waals surface area (Å²) in [6, 6.07) is 7.49. The van der Waals surface area contributed by atoms with Gasteiger partial charge in [-0.15, -0.1) is 0 Å². The second-order valence-corrected chi connectivity index (χ2v) is 7.89. The Hall–Kier alpha value is -2.10. The lowest BCUT2D eigenvalue weighted by Gasteiger charge is -2.08. The molecule has 2 atom stereocenters. The first-order valence-corrected chi connectivity index (χ1v) is 8.66. The van der Waals surface area contributed by atoms with Crippen LogP contribution in [0.3, 0.4) is 0 Å². The average molecular weight is 326 g/mol. The van der Waals surface area contributed by atoms with Crippen LogP contribution in [-0.2, 0) is 4.79 Å². The molecular formula is C20H26N2O2. The molecule has 4 heteroatoms. The van der Waals surface area contributed by atoms with Gasteiger partial charge in [0.25, 0.3) is 5.91 Å². The molecule has 1 aromatic carbocycles. The van der Waals surface area contributed by atoms with Gasteiger partial charge in [0.15, 0.2) is 0 Å². The molecule has 2 N–H and O–H groups in total. The molecule has 2 amide bonds. The third-order valence-electron chi connectivity index (χ3n) is 5.01. The molecule has 2 aliphatic rings. The fourth-order valence-corrected chi connectivity index (χ4v) is 3.30. The lowest BCUT2D eigenvalue weighted by Crippen LogP contribution is -2.25. The maximum atomic E-state index is 12.6. The summed E-state index contributed by atoms with van der Waals surface area (Å²) in [6.07, 6.45) is 4.30. The Morgan fingerprint density at radius 2 is 1.92 bits per heavy atom. The van der Waals surface area contributed by atoms with Gasteiger partial charge in [0.1, 0.15) is 0 Å². The summed E-state index contributed by atoms with van der Waals surface area (Å²) in [7, 11) is 0. The van der Waals surface area contributed by atoms with Crippen LogP contribution in [0, 0.1) is 17.3 Å². The summed E-state index contributed by atoms with van der Waals surface area (Å²) in [5.41, 5.74) is 2.50. The summed E-state index contributed by atoms with van der Waals surface area (Å²) in [5.74, 6) is 0.227. The Morgan fingerprint density at radius 1 is 1.21 bits per heavy atom. The summed E-state index contributed by atoms with van der Waals surface area (Å²) in [4.78, 5) is 24.7. The van der Waals surface area contributed by atoms with Crippen LogP contribution in [0.15, 0.2) is 35.9 Å². The number of carbonyl (C=O) groups excluding carboxylic acids is 2. The molecule has 0 aromatic heterocycles. The van der Waals surface area contributed by atoms with Gasteiger partial charge in [-0.05, 0) is 56.2 Å². The Balaban J connectivity index is 1.66. The molecule has 2 unspecified atom stereocenters.